The number of benzene rings is 2. The number of amides is 2. The lowest BCUT2D eigenvalue weighted by atomic mass is 10.0. The highest BCUT2D eigenvalue weighted by Gasteiger charge is 2.21. The first-order chi connectivity index (χ1) is 14.1. The van der Waals surface area contributed by atoms with Crippen molar-refractivity contribution < 1.29 is 23.5 Å². The maximum Gasteiger partial charge on any atom is 0.407 e. The number of hydrogen-bond acceptors (Lipinski definition) is 4. The van der Waals surface area contributed by atoms with Gasteiger partial charge in [0.05, 0.1) is 13.2 Å². The molecule has 0 spiro atoms. The second-order valence-corrected chi connectivity index (χ2v) is 7.83. The third-order valence-corrected chi connectivity index (χ3v) is 4.40. The van der Waals surface area contributed by atoms with Gasteiger partial charge in [-0.05, 0) is 57.0 Å². The Morgan fingerprint density at radius 2 is 1.77 bits per heavy atom. The van der Waals surface area contributed by atoms with Crippen LogP contribution in [0.25, 0.3) is 0 Å². The predicted molar refractivity (Wildman–Crippen MR) is 113 cm³/mol. The van der Waals surface area contributed by atoms with Gasteiger partial charge in [-0.3, -0.25) is 4.79 Å². The molecule has 0 radical (unpaired) electrons. The van der Waals surface area contributed by atoms with Crippen molar-refractivity contribution in [3.8, 4) is 5.75 Å². The van der Waals surface area contributed by atoms with Crippen LogP contribution in [0.4, 0.5) is 9.18 Å². The molecule has 0 heterocycles. The molecule has 2 N–H and O–H groups in total. The Balaban J connectivity index is 2.16. The Morgan fingerprint density at radius 3 is 2.33 bits per heavy atom. The van der Waals surface area contributed by atoms with E-state index < -0.39 is 23.4 Å². The Bertz CT molecular complexity index is 876. The predicted octanol–water partition coefficient (Wildman–Crippen LogP) is 4.74. The average Bonchev–Trinajstić information content (AvgIpc) is 2.69. The van der Waals surface area contributed by atoms with Gasteiger partial charge in [0.1, 0.15) is 17.2 Å². The van der Waals surface area contributed by atoms with Gasteiger partial charge in [0.2, 0.25) is 0 Å². The van der Waals surface area contributed by atoms with E-state index >= 15 is 0 Å². The van der Waals surface area contributed by atoms with Gasteiger partial charge in [-0.15, -0.1) is 0 Å². The zero-order valence-electron chi connectivity index (χ0n) is 18.0. The number of carbonyl (C=O) groups is 2. The third-order valence-electron chi connectivity index (χ3n) is 4.40. The monoisotopic (exact) mass is 416 g/mol. The number of hydrogen-bond donors (Lipinski definition) is 2. The third kappa shape index (κ3) is 6.47. The molecule has 162 valence electrons. The van der Waals surface area contributed by atoms with E-state index in [1.165, 1.54) is 18.2 Å². The summed E-state index contributed by atoms with van der Waals surface area (Å²) in [6, 6.07) is 11.4. The minimum atomic E-state index is -0.679. The first-order valence-corrected chi connectivity index (χ1v) is 9.83. The van der Waals surface area contributed by atoms with E-state index in [2.05, 4.69) is 10.6 Å². The summed E-state index contributed by atoms with van der Waals surface area (Å²) in [5.74, 6) is -0.269. The van der Waals surface area contributed by atoms with Crippen LogP contribution in [-0.2, 0) is 11.3 Å². The molecule has 2 rings (SSSR count). The fourth-order valence-corrected chi connectivity index (χ4v) is 2.92. The van der Waals surface area contributed by atoms with Crippen molar-refractivity contribution in [2.24, 2.45) is 0 Å². The van der Waals surface area contributed by atoms with Crippen molar-refractivity contribution >= 4 is 12.0 Å². The molecule has 0 aliphatic carbocycles. The quantitative estimate of drug-likeness (QED) is 0.684. The molecule has 6 nitrogen and oxygen atoms in total. The Labute approximate surface area is 176 Å². The molecule has 0 saturated heterocycles. The summed E-state index contributed by atoms with van der Waals surface area (Å²) in [6.45, 7) is 6.99. The van der Waals surface area contributed by atoms with Gasteiger partial charge in [0, 0.05) is 17.7 Å². The Kier molecular flexibility index (Phi) is 7.80. The number of ether oxygens (including phenoxy) is 2. The highest BCUT2D eigenvalue weighted by Crippen LogP contribution is 2.22. The molecule has 0 bridgehead atoms. The zero-order valence-corrected chi connectivity index (χ0v) is 18.0. The number of carbonyl (C=O) groups excluding carboxylic acids is 2. The molecule has 0 fully saturated rings. The van der Waals surface area contributed by atoms with Crippen LogP contribution in [0.15, 0.2) is 42.5 Å². The topological polar surface area (TPSA) is 76.7 Å². The van der Waals surface area contributed by atoms with Gasteiger partial charge < -0.3 is 20.1 Å². The van der Waals surface area contributed by atoms with Crippen LogP contribution in [0.5, 0.6) is 5.75 Å². The number of nitrogens with one attached hydrogen (secondary N) is 2. The molecule has 0 aliphatic rings. The minimum Gasteiger partial charge on any atom is -0.497 e. The Hall–Kier alpha value is -3.09. The molecule has 2 aromatic rings. The Morgan fingerprint density at radius 1 is 1.10 bits per heavy atom. The van der Waals surface area contributed by atoms with Gasteiger partial charge >= 0.3 is 6.09 Å². The largest absolute Gasteiger partial charge is 0.497 e. The lowest BCUT2D eigenvalue weighted by Crippen LogP contribution is -2.34. The standard InChI is InChI=1S/C23H29FN2O4/c1-6-20(15-10-12-16(29-5)13-11-15)26-21(27)17-8-7-9-19(24)18(17)14-25-22(28)30-23(2,3)4/h7-13,20H,6,14H2,1-5H3,(H,25,28)(H,26,27). The first kappa shape index (κ1) is 23.2. The van der Waals surface area contributed by atoms with Gasteiger partial charge in [-0.1, -0.05) is 25.1 Å². The lowest BCUT2D eigenvalue weighted by Gasteiger charge is -2.21. The minimum absolute atomic E-state index is 0.102. The smallest absolute Gasteiger partial charge is 0.407 e. The number of alkyl carbamates (subject to hydrolysis) is 1. The maximum absolute atomic E-state index is 14.4. The fraction of sp³-hybridized carbons (Fsp3) is 0.391. The van der Waals surface area contributed by atoms with Crippen LogP contribution in [0.3, 0.4) is 0 Å². The van der Waals surface area contributed by atoms with Gasteiger partial charge in [-0.25, -0.2) is 9.18 Å². The van der Waals surface area contributed by atoms with E-state index in [0.717, 1.165) is 11.3 Å². The van der Waals surface area contributed by atoms with Crippen LogP contribution >= 0.6 is 0 Å². The molecule has 7 heteroatoms. The second kappa shape index (κ2) is 10.1. The van der Waals surface area contributed by atoms with Crippen LogP contribution in [0.2, 0.25) is 0 Å². The van der Waals surface area contributed by atoms with Crippen LogP contribution < -0.4 is 15.4 Å². The highest BCUT2D eigenvalue weighted by atomic mass is 19.1. The number of halogens is 1. The van der Waals surface area contributed by atoms with Crippen LogP contribution in [-0.4, -0.2) is 24.7 Å². The molecular weight excluding hydrogens is 387 g/mol. The summed E-state index contributed by atoms with van der Waals surface area (Å²) in [6.07, 6.45) is -0.0272. The van der Waals surface area contributed by atoms with Crippen molar-refractivity contribution in [3.63, 3.8) is 0 Å². The average molecular weight is 416 g/mol. The van der Waals surface area contributed by atoms with E-state index in [9.17, 15) is 14.0 Å². The van der Waals surface area contributed by atoms with E-state index in [1.54, 1.807) is 27.9 Å². The summed E-state index contributed by atoms with van der Waals surface area (Å²) < 4.78 is 24.8. The van der Waals surface area contributed by atoms with Crippen molar-refractivity contribution in [2.75, 3.05) is 7.11 Å². The molecule has 30 heavy (non-hydrogen) atoms. The van der Waals surface area contributed by atoms with Crippen LogP contribution in [0, 0.1) is 5.82 Å². The van der Waals surface area contributed by atoms with Crippen molar-refractivity contribution in [1.82, 2.24) is 10.6 Å². The zero-order chi connectivity index (χ0) is 22.3. The maximum atomic E-state index is 14.4. The summed E-state index contributed by atoms with van der Waals surface area (Å²) in [7, 11) is 1.59. The first-order valence-electron chi connectivity index (χ1n) is 9.83. The molecule has 2 amide bonds. The molecule has 2 aromatic carbocycles. The lowest BCUT2D eigenvalue weighted by molar-refractivity contribution is 0.0522. The number of methoxy groups -OCH3 is 1. The number of rotatable bonds is 7. The summed E-state index contributed by atoms with van der Waals surface area (Å²) in [4.78, 5) is 24.8. The van der Waals surface area contributed by atoms with E-state index in [-0.39, 0.29) is 23.7 Å². The summed E-state index contributed by atoms with van der Waals surface area (Å²) in [5, 5.41) is 5.45. The van der Waals surface area contributed by atoms with Gasteiger partial charge in [0.25, 0.3) is 5.91 Å². The SMILES string of the molecule is CCC(NC(=O)c1cccc(F)c1CNC(=O)OC(C)(C)C)c1ccc(OC)cc1. The molecular formula is C23H29FN2O4. The van der Waals surface area contributed by atoms with E-state index in [4.69, 9.17) is 9.47 Å². The van der Waals surface area contributed by atoms with Crippen molar-refractivity contribution in [3.05, 3.63) is 65.0 Å². The van der Waals surface area contributed by atoms with E-state index in [0.29, 0.717) is 6.42 Å². The molecule has 0 aliphatic heterocycles. The normalized spacial score (nSPS) is 12.1. The molecule has 1 atom stereocenters. The second-order valence-electron chi connectivity index (χ2n) is 7.83. The van der Waals surface area contributed by atoms with E-state index in [1.807, 2.05) is 31.2 Å². The van der Waals surface area contributed by atoms with Crippen molar-refractivity contribution in [1.29, 1.82) is 0 Å². The van der Waals surface area contributed by atoms with Gasteiger partial charge in [0.15, 0.2) is 0 Å². The van der Waals surface area contributed by atoms with Gasteiger partial charge in [-0.2, -0.15) is 0 Å². The molecule has 1 unspecified atom stereocenters. The fourth-order valence-electron chi connectivity index (χ4n) is 2.92. The molecule has 0 aromatic heterocycles. The summed E-state index contributed by atoms with van der Waals surface area (Å²) in [5.41, 5.74) is 0.506. The van der Waals surface area contributed by atoms with Crippen molar-refractivity contribution in [2.45, 2.75) is 52.3 Å². The highest BCUT2D eigenvalue weighted by molar-refractivity contribution is 5.96. The molecule has 0 saturated carbocycles. The summed E-state index contributed by atoms with van der Waals surface area (Å²) >= 11 is 0. The van der Waals surface area contributed by atoms with Crippen LogP contribution in [0.1, 0.15) is 61.6 Å².